The van der Waals surface area contributed by atoms with E-state index in [1.807, 2.05) is 32.0 Å². The molecule has 2 aromatic carbocycles. The van der Waals surface area contributed by atoms with Crippen molar-refractivity contribution in [3.63, 3.8) is 0 Å². The number of piperazine rings is 1. The van der Waals surface area contributed by atoms with Crippen molar-refractivity contribution in [2.24, 2.45) is 0 Å². The van der Waals surface area contributed by atoms with Gasteiger partial charge in [0.1, 0.15) is 0 Å². The molecular weight excluding hydrogens is 507 g/mol. The Morgan fingerprint density at radius 2 is 1.86 bits per heavy atom. The molecule has 1 saturated heterocycles. The number of hydrogen-bond donors (Lipinski definition) is 1. The molecule has 35 heavy (non-hydrogen) atoms. The quantitative estimate of drug-likeness (QED) is 0.553. The molecule has 1 amide bonds. The van der Waals surface area contributed by atoms with Crippen molar-refractivity contribution in [3.8, 4) is 6.07 Å². The first-order valence-electron chi connectivity index (χ1n) is 11.4. The van der Waals surface area contributed by atoms with Crippen LogP contribution in [0.2, 0.25) is 10.0 Å². The number of nitrogens with zero attached hydrogens (tertiary/aromatic N) is 3. The van der Waals surface area contributed by atoms with Gasteiger partial charge in [0, 0.05) is 32.2 Å². The maximum absolute atomic E-state index is 13.5. The lowest BCUT2D eigenvalue weighted by Crippen LogP contribution is -2.54. The van der Waals surface area contributed by atoms with E-state index in [1.54, 1.807) is 24.3 Å². The highest BCUT2D eigenvalue weighted by molar-refractivity contribution is 7.88. The van der Waals surface area contributed by atoms with Gasteiger partial charge < -0.3 is 10.2 Å². The van der Waals surface area contributed by atoms with Crippen LogP contribution < -0.4 is 5.32 Å². The predicted molar refractivity (Wildman–Crippen MR) is 139 cm³/mol. The zero-order chi connectivity index (χ0) is 25.8. The molecule has 0 aromatic heterocycles. The molecule has 0 bridgehead atoms. The van der Waals surface area contributed by atoms with Crippen LogP contribution in [0.1, 0.15) is 37.0 Å². The summed E-state index contributed by atoms with van der Waals surface area (Å²) in [5.41, 5.74) is 1.32. The molecule has 2 atom stereocenters. The number of nitriles is 1. The SMILES string of the molecule is CC1CN(CCC(C)(C(=O)NCc2ccc(C#N)cc2)c2ccc(Cl)c(Cl)c2)CCN1S(C)(=O)=O. The molecule has 1 fully saturated rings. The Morgan fingerprint density at radius 3 is 2.43 bits per heavy atom. The number of nitrogens with one attached hydrogen (secondary N) is 1. The zero-order valence-electron chi connectivity index (χ0n) is 20.1. The largest absolute Gasteiger partial charge is 0.351 e. The highest BCUT2D eigenvalue weighted by atomic mass is 35.5. The van der Waals surface area contributed by atoms with E-state index in [1.165, 1.54) is 10.6 Å². The van der Waals surface area contributed by atoms with Crippen molar-refractivity contribution in [1.29, 1.82) is 5.26 Å². The van der Waals surface area contributed by atoms with Gasteiger partial charge in [-0.1, -0.05) is 41.4 Å². The highest BCUT2D eigenvalue weighted by Crippen LogP contribution is 2.33. The van der Waals surface area contributed by atoms with E-state index in [0.29, 0.717) is 54.8 Å². The van der Waals surface area contributed by atoms with Gasteiger partial charge in [-0.15, -0.1) is 0 Å². The summed E-state index contributed by atoms with van der Waals surface area (Å²) < 4.78 is 25.5. The van der Waals surface area contributed by atoms with E-state index in [0.717, 1.165) is 11.1 Å². The lowest BCUT2D eigenvalue weighted by molar-refractivity contribution is -0.126. The number of carbonyl (C=O) groups excluding carboxylic acids is 1. The first-order valence-corrected chi connectivity index (χ1v) is 14.0. The summed E-state index contributed by atoms with van der Waals surface area (Å²) in [6.07, 6.45) is 1.74. The molecule has 1 heterocycles. The molecule has 1 aliphatic rings. The third-order valence-corrected chi connectivity index (χ3v) is 8.73. The van der Waals surface area contributed by atoms with Gasteiger partial charge in [0.25, 0.3) is 0 Å². The summed E-state index contributed by atoms with van der Waals surface area (Å²) in [6.45, 7) is 6.34. The van der Waals surface area contributed by atoms with E-state index >= 15 is 0 Å². The molecule has 7 nitrogen and oxygen atoms in total. The maximum Gasteiger partial charge on any atom is 0.230 e. The number of sulfonamides is 1. The molecular formula is C25H30Cl2N4O3S. The highest BCUT2D eigenvalue weighted by Gasteiger charge is 2.37. The molecule has 2 aromatic rings. The van der Waals surface area contributed by atoms with Gasteiger partial charge in [-0.3, -0.25) is 4.79 Å². The zero-order valence-corrected chi connectivity index (χ0v) is 22.4. The van der Waals surface area contributed by atoms with Crippen molar-refractivity contribution in [3.05, 3.63) is 69.2 Å². The van der Waals surface area contributed by atoms with Gasteiger partial charge >= 0.3 is 0 Å². The van der Waals surface area contributed by atoms with E-state index in [4.69, 9.17) is 28.5 Å². The van der Waals surface area contributed by atoms with Crippen LogP contribution >= 0.6 is 23.2 Å². The fourth-order valence-electron chi connectivity index (χ4n) is 4.40. The van der Waals surface area contributed by atoms with Gasteiger partial charge in [0.15, 0.2) is 0 Å². The summed E-state index contributed by atoms with van der Waals surface area (Å²) >= 11 is 12.4. The van der Waals surface area contributed by atoms with Crippen LogP contribution in [0.5, 0.6) is 0 Å². The van der Waals surface area contributed by atoms with Crippen LogP contribution in [-0.2, 0) is 26.8 Å². The Labute approximate surface area is 217 Å². The van der Waals surface area contributed by atoms with Crippen LogP contribution in [0, 0.1) is 11.3 Å². The average molecular weight is 538 g/mol. The minimum absolute atomic E-state index is 0.139. The summed E-state index contributed by atoms with van der Waals surface area (Å²) in [4.78, 5) is 15.7. The number of halogens is 2. The number of rotatable bonds is 8. The van der Waals surface area contributed by atoms with Crippen LogP contribution in [0.3, 0.4) is 0 Å². The molecule has 10 heteroatoms. The van der Waals surface area contributed by atoms with Crippen molar-refractivity contribution < 1.29 is 13.2 Å². The Bertz CT molecular complexity index is 1210. The molecule has 3 rings (SSSR count). The monoisotopic (exact) mass is 536 g/mol. The minimum Gasteiger partial charge on any atom is -0.351 e. The van der Waals surface area contributed by atoms with E-state index in [9.17, 15) is 13.2 Å². The Morgan fingerprint density at radius 1 is 1.17 bits per heavy atom. The molecule has 0 saturated carbocycles. The number of carbonyl (C=O) groups is 1. The molecule has 188 valence electrons. The van der Waals surface area contributed by atoms with Gasteiger partial charge in [0.2, 0.25) is 15.9 Å². The van der Waals surface area contributed by atoms with E-state index in [2.05, 4.69) is 16.3 Å². The van der Waals surface area contributed by atoms with Crippen LogP contribution in [0.15, 0.2) is 42.5 Å². The molecule has 0 spiro atoms. The van der Waals surface area contributed by atoms with Crippen LogP contribution in [0.4, 0.5) is 0 Å². The topological polar surface area (TPSA) is 93.5 Å². The normalized spacial score (nSPS) is 19.0. The fraction of sp³-hybridized carbons (Fsp3) is 0.440. The van der Waals surface area contributed by atoms with E-state index in [-0.39, 0.29) is 11.9 Å². The second kappa shape index (κ2) is 11.3. The van der Waals surface area contributed by atoms with Crippen molar-refractivity contribution in [2.75, 3.05) is 32.4 Å². The minimum atomic E-state index is -3.25. The van der Waals surface area contributed by atoms with Crippen molar-refractivity contribution >= 4 is 39.1 Å². The number of benzene rings is 2. The average Bonchev–Trinajstić information content (AvgIpc) is 2.82. The predicted octanol–water partition coefficient (Wildman–Crippen LogP) is 3.79. The van der Waals surface area contributed by atoms with Crippen LogP contribution in [0.25, 0.3) is 0 Å². The smallest absolute Gasteiger partial charge is 0.230 e. The van der Waals surface area contributed by atoms with Gasteiger partial charge in [-0.05, 0) is 62.2 Å². The Kier molecular flexibility index (Phi) is 8.84. The first-order chi connectivity index (χ1) is 16.4. The number of amides is 1. The molecule has 1 aliphatic heterocycles. The second-order valence-corrected chi connectivity index (χ2v) is 12.0. The lowest BCUT2D eigenvalue weighted by Gasteiger charge is -2.40. The standard InChI is InChI=1S/C25H30Cl2N4O3S/c1-18-17-30(12-13-31(18)35(3,33)34)11-10-25(2,21-8-9-22(26)23(27)14-21)24(32)29-16-20-6-4-19(15-28)5-7-20/h4-9,14,18H,10-13,16-17H2,1-3H3,(H,29,32). The van der Waals surface area contributed by atoms with Crippen LogP contribution in [-0.4, -0.2) is 62.0 Å². The third-order valence-electron chi connectivity index (χ3n) is 6.60. The van der Waals surface area contributed by atoms with E-state index < -0.39 is 15.4 Å². The fourth-order valence-corrected chi connectivity index (χ4v) is 5.83. The second-order valence-electron chi connectivity index (χ2n) is 9.23. The Balaban J connectivity index is 1.76. The molecule has 0 radical (unpaired) electrons. The Hall–Kier alpha value is -2.15. The van der Waals surface area contributed by atoms with Gasteiger partial charge in [-0.25, -0.2) is 8.42 Å². The maximum atomic E-state index is 13.5. The summed E-state index contributed by atoms with van der Waals surface area (Å²) in [6, 6.07) is 14.3. The van der Waals surface area contributed by atoms with Crippen molar-refractivity contribution in [1.82, 2.24) is 14.5 Å². The summed E-state index contributed by atoms with van der Waals surface area (Å²) in [5, 5.41) is 12.8. The lowest BCUT2D eigenvalue weighted by atomic mass is 9.78. The number of hydrogen-bond acceptors (Lipinski definition) is 5. The van der Waals surface area contributed by atoms with Gasteiger partial charge in [0.05, 0.1) is 33.3 Å². The molecule has 1 N–H and O–H groups in total. The third kappa shape index (κ3) is 6.75. The summed E-state index contributed by atoms with van der Waals surface area (Å²) in [5.74, 6) is -0.150. The summed E-state index contributed by atoms with van der Waals surface area (Å²) in [7, 11) is -3.25. The van der Waals surface area contributed by atoms with Gasteiger partial charge in [-0.2, -0.15) is 9.57 Å². The molecule has 2 unspecified atom stereocenters. The first kappa shape index (κ1) is 27.4. The van der Waals surface area contributed by atoms with Crippen molar-refractivity contribution in [2.45, 2.75) is 38.3 Å². The molecule has 0 aliphatic carbocycles.